The summed E-state index contributed by atoms with van der Waals surface area (Å²) in [6.07, 6.45) is 0.859. The van der Waals surface area contributed by atoms with Crippen LogP contribution in [0, 0.1) is 11.3 Å². The van der Waals surface area contributed by atoms with Gasteiger partial charge in [0.05, 0.1) is 22.3 Å². The monoisotopic (exact) mass is 252 g/mol. The molecule has 0 saturated carbocycles. The Balaban J connectivity index is 2.61. The summed E-state index contributed by atoms with van der Waals surface area (Å²) in [6, 6.07) is 6.67. The zero-order valence-electron chi connectivity index (χ0n) is 9.50. The largest absolute Gasteiger partial charge is 0.372 e. The first-order chi connectivity index (χ1) is 8.17. The maximum Gasteiger partial charge on any atom is 0.250 e. The van der Waals surface area contributed by atoms with E-state index in [1.54, 1.807) is 12.1 Å². The Labute approximate surface area is 105 Å². The molecule has 0 unspecified atom stereocenters. The molecule has 0 bridgehead atoms. The van der Waals surface area contributed by atoms with Gasteiger partial charge in [-0.1, -0.05) is 18.5 Å². The van der Waals surface area contributed by atoms with E-state index in [1.807, 2.05) is 13.0 Å². The van der Waals surface area contributed by atoms with Gasteiger partial charge >= 0.3 is 0 Å². The lowest BCUT2D eigenvalue weighted by Gasteiger charge is -2.07. The third-order valence-corrected chi connectivity index (χ3v) is 2.28. The minimum atomic E-state index is -0.282. The molecular weight excluding hydrogens is 240 g/mol. The Bertz CT molecular complexity index is 441. The molecule has 0 aliphatic carbocycles. The number of carbonyl (C=O) groups is 1. The van der Waals surface area contributed by atoms with Crippen LogP contribution in [0.2, 0.25) is 5.02 Å². The summed E-state index contributed by atoms with van der Waals surface area (Å²) in [4.78, 5) is 11.5. The molecule has 5 heteroatoms. The van der Waals surface area contributed by atoms with Crippen LogP contribution >= 0.6 is 11.6 Å². The van der Waals surface area contributed by atoms with E-state index in [2.05, 4.69) is 5.32 Å². The number of halogens is 1. The predicted molar refractivity (Wildman–Crippen MR) is 65.9 cm³/mol. The van der Waals surface area contributed by atoms with E-state index in [-0.39, 0.29) is 12.5 Å². The minimum Gasteiger partial charge on any atom is -0.372 e. The number of rotatable bonds is 5. The van der Waals surface area contributed by atoms with Crippen molar-refractivity contribution in [2.45, 2.75) is 13.3 Å². The lowest BCUT2D eigenvalue weighted by molar-refractivity contribution is -0.120. The van der Waals surface area contributed by atoms with Gasteiger partial charge in [-0.3, -0.25) is 4.79 Å². The van der Waals surface area contributed by atoms with Crippen LogP contribution in [0.15, 0.2) is 18.2 Å². The van der Waals surface area contributed by atoms with E-state index in [4.69, 9.17) is 21.6 Å². The van der Waals surface area contributed by atoms with E-state index in [1.165, 1.54) is 6.07 Å². The Morgan fingerprint density at radius 3 is 3.00 bits per heavy atom. The molecule has 0 atom stereocenters. The minimum absolute atomic E-state index is 0.0129. The molecule has 0 saturated heterocycles. The molecule has 0 fully saturated rings. The summed E-state index contributed by atoms with van der Waals surface area (Å²) in [6.45, 7) is 2.49. The van der Waals surface area contributed by atoms with Gasteiger partial charge in [0.1, 0.15) is 6.61 Å². The number of nitrogens with zero attached hydrogens (tertiary/aromatic N) is 1. The average Bonchev–Trinajstić information content (AvgIpc) is 2.32. The molecule has 90 valence electrons. The van der Waals surface area contributed by atoms with Crippen molar-refractivity contribution in [3.63, 3.8) is 0 Å². The second kappa shape index (κ2) is 6.89. The summed E-state index contributed by atoms with van der Waals surface area (Å²) < 4.78 is 5.09. The van der Waals surface area contributed by atoms with E-state index < -0.39 is 0 Å². The Morgan fingerprint density at radius 1 is 1.59 bits per heavy atom. The zero-order chi connectivity index (χ0) is 12.7. The van der Waals surface area contributed by atoms with Gasteiger partial charge in [0.25, 0.3) is 0 Å². The van der Waals surface area contributed by atoms with E-state index in [0.29, 0.717) is 22.9 Å². The quantitative estimate of drug-likeness (QED) is 0.820. The average molecular weight is 253 g/mol. The summed E-state index contributed by atoms with van der Waals surface area (Å²) in [5.41, 5.74) is 0.870. The van der Waals surface area contributed by atoms with Gasteiger partial charge in [-0.25, -0.2) is 0 Å². The molecule has 1 N–H and O–H groups in total. The molecule has 0 spiro atoms. The number of hydrogen-bond donors (Lipinski definition) is 1. The van der Waals surface area contributed by atoms with Crippen molar-refractivity contribution in [1.82, 2.24) is 0 Å². The summed E-state index contributed by atoms with van der Waals surface area (Å²) in [5, 5.41) is 11.7. The molecular formula is C12H13ClN2O2. The molecule has 0 aliphatic heterocycles. The van der Waals surface area contributed by atoms with Crippen molar-refractivity contribution in [2.75, 3.05) is 18.5 Å². The number of ether oxygens (including phenoxy) is 1. The molecule has 1 aromatic carbocycles. The van der Waals surface area contributed by atoms with Crippen molar-refractivity contribution in [1.29, 1.82) is 5.26 Å². The fraction of sp³-hybridized carbons (Fsp3) is 0.333. The second-order valence-electron chi connectivity index (χ2n) is 3.41. The summed E-state index contributed by atoms with van der Waals surface area (Å²) in [5.74, 6) is -0.282. The lowest BCUT2D eigenvalue weighted by Crippen LogP contribution is -2.18. The molecule has 0 heterocycles. The molecule has 0 aromatic heterocycles. The van der Waals surface area contributed by atoms with Gasteiger partial charge < -0.3 is 10.1 Å². The van der Waals surface area contributed by atoms with E-state index in [9.17, 15) is 4.79 Å². The fourth-order valence-corrected chi connectivity index (χ4v) is 1.35. The van der Waals surface area contributed by atoms with Gasteiger partial charge in [-0.2, -0.15) is 5.26 Å². The Morgan fingerprint density at radius 2 is 2.35 bits per heavy atom. The van der Waals surface area contributed by atoms with Crippen LogP contribution in [0.3, 0.4) is 0 Å². The third kappa shape index (κ3) is 4.43. The predicted octanol–water partition coefficient (Wildman–Crippen LogP) is 2.58. The molecule has 1 aromatic rings. The van der Waals surface area contributed by atoms with Crippen molar-refractivity contribution < 1.29 is 9.53 Å². The van der Waals surface area contributed by atoms with Crippen LogP contribution in [0.1, 0.15) is 18.9 Å². The first kappa shape index (κ1) is 13.5. The molecule has 1 rings (SSSR count). The highest BCUT2D eigenvalue weighted by atomic mass is 35.5. The zero-order valence-corrected chi connectivity index (χ0v) is 10.3. The number of carbonyl (C=O) groups excluding carboxylic acids is 1. The number of anilines is 1. The van der Waals surface area contributed by atoms with E-state index >= 15 is 0 Å². The van der Waals surface area contributed by atoms with Gasteiger partial charge in [0.2, 0.25) is 5.91 Å². The first-order valence-corrected chi connectivity index (χ1v) is 5.62. The van der Waals surface area contributed by atoms with Crippen LogP contribution < -0.4 is 5.32 Å². The van der Waals surface area contributed by atoms with Crippen LogP contribution in [0.25, 0.3) is 0 Å². The number of amides is 1. The standard InChI is InChI=1S/C12H13ClN2O2/c1-2-5-17-8-12(16)15-11-6-9(7-14)3-4-10(11)13/h3-4,6H,2,5,8H2,1H3,(H,15,16). The number of benzene rings is 1. The summed E-state index contributed by atoms with van der Waals surface area (Å²) in [7, 11) is 0. The van der Waals surface area contributed by atoms with Crippen molar-refractivity contribution in [2.24, 2.45) is 0 Å². The third-order valence-electron chi connectivity index (χ3n) is 1.95. The SMILES string of the molecule is CCCOCC(=O)Nc1cc(C#N)ccc1Cl. The number of nitriles is 1. The second-order valence-corrected chi connectivity index (χ2v) is 3.81. The van der Waals surface area contributed by atoms with Gasteiger partial charge in [0.15, 0.2) is 0 Å². The van der Waals surface area contributed by atoms with Crippen LogP contribution in [-0.2, 0) is 9.53 Å². The smallest absolute Gasteiger partial charge is 0.250 e. The highest BCUT2D eigenvalue weighted by Crippen LogP contribution is 2.22. The molecule has 1 amide bonds. The highest BCUT2D eigenvalue weighted by molar-refractivity contribution is 6.33. The fourth-order valence-electron chi connectivity index (χ4n) is 1.19. The Kier molecular flexibility index (Phi) is 5.47. The van der Waals surface area contributed by atoms with Crippen molar-refractivity contribution in [3.05, 3.63) is 28.8 Å². The first-order valence-electron chi connectivity index (χ1n) is 5.24. The molecule has 17 heavy (non-hydrogen) atoms. The Hall–Kier alpha value is -1.57. The van der Waals surface area contributed by atoms with Crippen LogP contribution in [0.5, 0.6) is 0 Å². The lowest BCUT2D eigenvalue weighted by atomic mass is 10.2. The van der Waals surface area contributed by atoms with Crippen LogP contribution in [-0.4, -0.2) is 19.1 Å². The number of hydrogen-bond acceptors (Lipinski definition) is 3. The normalized spacial score (nSPS) is 9.71. The van der Waals surface area contributed by atoms with Crippen molar-refractivity contribution in [3.8, 4) is 6.07 Å². The maximum atomic E-state index is 11.5. The van der Waals surface area contributed by atoms with Gasteiger partial charge in [0, 0.05) is 6.61 Å². The highest BCUT2D eigenvalue weighted by Gasteiger charge is 2.06. The van der Waals surface area contributed by atoms with E-state index in [0.717, 1.165) is 6.42 Å². The maximum absolute atomic E-state index is 11.5. The molecule has 0 aliphatic rings. The van der Waals surface area contributed by atoms with Crippen molar-refractivity contribution >= 4 is 23.2 Å². The van der Waals surface area contributed by atoms with Crippen LogP contribution in [0.4, 0.5) is 5.69 Å². The topological polar surface area (TPSA) is 62.1 Å². The summed E-state index contributed by atoms with van der Waals surface area (Å²) >= 11 is 5.89. The molecule has 0 radical (unpaired) electrons. The van der Waals surface area contributed by atoms with Gasteiger partial charge in [-0.15, -0.1) is 0 Å². The van der Waals surface area contributed by atoms with Gasteiger partial charge in [-0.05, 0) is 24.6 Å². The number of nitrogens with one attached hydrogen (secondary N) is 1. The molecule has 4 nitrogen and oxygen atoms in total.